The monoisotopic (exact) mass is 387 g/mol. The summed E-state index contributed by atoms with van der Waals surface area (Å²) < 4.78 is 42.9. The number of aromatic nitrogens is 6. The number of thioether (sulfide) groups is 1. The van der Waals surface area contributed by atoms with Crippen molar-refractivity contribution in [1.29, 1.82) is 0 Å². The van der Waals surface area contributed by atoms with Crippen molar-refractivity contribution in [2.75, 3.05) is 0 Å². The number of non-ortho nitro benzene ring substituents is 1. The minimum absolute atomic E-state index is 0.0441. The van der Waals surface area contributed by atoms with E-state index in [2.05, 4.69) is 25.7 Å². The Bertz CT molecular complexity index is 909. The second-order valence-electron chi connectivity index (χ2n) is 4.84. The van der Waals surface area contributed by atoms with E-state index < -0.39 is 17.6 Å². The van der Waals surface area contributed by atoms with Crippen LogP contribution < -0.4 is 0 Å². The zero-order chi connectivity index (χ0) is 18.7. The van der Waals surface area contributed by atoms with E-state index in [9.17, 15) is 23.3 Å². The molecule has 0 saturated carbocycles. The van der Waals surface area contributed by atoms with Crippen molar-refractivity contribution in [2.45, 2.75) is 23.6 Å². The Kier molecular flexibility index (Phi) is 4.83. The van der Waals surface area contributed by atoms with E-state index in [1.807, 2.05) is 0 Å². The number of hydrogen-bond acceptors (Lipinski definition) is 9. The number of nitro groups is 1. The summed E-state index contributed by atoms with van der Waals surface area (Å²) in [5, 5.41) is 24.3. The molecule has 0 aliphatic rings. The Labute approximate surface area is 146 Å². The molecule has 0 fully saturated rings. The molecule has 14 heteroatoms. The minimum atomic E-state index is -4.45. The van der Waals surface area contributed by atoms with E-state index in [1.54, 1.807) is 0 Å². The molecule has 0 unspecified atom stereocenters. The van der Waals surface area contributed by atoms with Crippen molar-refractivity contribution in [3.05, 3.63) is 40.3 Å². The van der Waals surface area contributed by atoms with Crippen LogP contribution in [0, 0.1) is 10.1 Å². The number of tetrazole rings is 1. The van der Waals surface area contributed by atoms with Crippen LogP contribution >= 0.6 is 11.8 Å². The zero-order valence-electron chi connectivity index (χ0n) is 12.6. The smallest absolute Gasteiger partial charge is 0.338 e. The molecule has 0 N–H and O–H groups in total. The number of benzene rings is 1. The molecule has 10 nitrogen and oxygen atoms in total. The number of nitro benzene ring substituents is 1. The van der Waals surface area contributed by atoms with Gasteiger partial charge in [-0.05, 0) is 22.6 Å². The topological polar surface area (TPSA) is 126 Å². The van der Waals surface area contributed by atoms with Gasteiger partial charge in [0.1, 0.15) is 6.54 Å². The Morgan fingerprint density at radius 3 is 2.65 bits per heavy atom. The largest absolute Gasteiger partial charge is 0.408 e. The Balaban J connectivity index is 1.66. The maximum Gasteiger partial charge on any atom is 0.408 e. The van der Waals surface area contributed by atoms with Gasteiger partial charge in [0.05, 0.1) is 10.7 Å². The average Bonchev–Trinajstić information content (AvgIpc) is 3.21. The lowest BCUT2D eigenvalue weighted by Crippen LogP contribution is -2.19. The van der Waals surface area contributed by atoms with Gasteiger partial charge in [0.25, 0.3) is 5.69 Å². The van der Waals surface area contributed by atoms with E-state index >= 15 is 0 Å². The molecular formula is C12H8F3N7O3S. The van der Waals surface area contributed by atoms with Crippen molar-refractivity contribution >= 4 is 17.4 Å². The zero-order valence-corrected chi connectivity index (χ0v) is 13.4. The van der Waals surface area contributed by atoms with Crippen molar-refractivity contribution in [2.24, 2.45) is 0 Å². The van der Waals surface area contributed by atoms with Crippen LogP contribution in [0.2, 0.25) is 0 Å². The van der Waals surface area contributed by atoms with Crippen LogP contribution in [0.5, 0.6) is 0 Å². The summed E-state index contributed by atoms with van der Waals surface area (Å²) in [6.07, 6.45) is -4.45. The van der Waals surface area contributed by atoms with E-state index in [1.165, 1.54) is 24.3 Å². The molecule has 0 saturated heterocycles. The normalized spacial score (nSPS) is 11.7. The van der Waals surface area contributed by atoms with Gasteiger partial charge in [0.15, 0.2) is 0 Å². The summed E-state index contributed by atoms with van der Waals surface area (Å²) in [5.41, 5.74) is 0.419. The van der Waals surface area contributed by atoms with Crippen LogP contribution in [0.15, 0.2) is 33.9 Å². The molecule has 3 aromatic rings. The molecule has 2 aromatic heterocycles. The molecule has 0 amide bonds. The molecule has 0 atom stereocenters. The second kappa shape index (κ2) is 7.07. The first-order valence-electron chi connectivity index (χ1n) is 6.85. The molecule has 0 aliphatic carbocycles. The molecule has 0 spiro atoms. The van der Waals surface area contributed by atoms with Crippen molar-refractivity contribution in [3.8, 4) is 11.4 Å². The lowest BCUT2D eigenvalue weighted by molar-refractivity contribution is -0.384. The van der Waals surface area contributed by atoms with Gasteiger partial charge >= 0.3 is 6.18 Å². The summed E-state index contributed by atoms with van der Waals surface area (Å²) in [6, 6.07) is 5.52. The maximum atomic E-state index is 12.4. The number of alkyl halides is 3. The van der Waals surface area contributed by atoms with E-state index in [-0.39, 0.29) is 28.3 Å². The molecule has 0 bridgehead atoms. The Morgan fingerprint density at radius 2 is 2.00 bits per heavy atom. The number of hydrogen-bond donors (Lipinski definition) is 0. The first-order valence-corrected chi connectivity index (χ1v) is 7.83. The molecule has 3 rings (SSSR count). The van der Waals surface area contributed by atoms with Crippen LogP contribution in [0.25, 0.3) is 11.4 Å². The quantitative estimate of drug-likeness (QED) is 0.356. The number of nitrogens with zero attached hydrogens (tertiary/aromatic N) is 7. The van der Waals surface area contributed by atoms with Gasteiger partial charge in [-0.25, -0.2) is 4.68 Å². The van der Waals surface area contributed by atoms with Gasteiger partial charge in [-0.1, -0.05) is 16.9 Å². The fourth-order valence-electron chi connectivity index (χ4n) is 1.86. The van der Waals surface area contributed by atoms with E-state index in [0.717, 1.165) is 11.8 Å². The van der Waals surface area contributed by atoms with Crippen LogP contribution in [0.1, 0.15) is 5.89 Å². The molecular weight excluding hydrogens is 379 g/mol. The summed E-state index contributed by atoms with van der Waals surface area (Å²) >= 11 is 0.904. The third-order valence-corrected chi connectivity index (χ3v) is 3.90. The molecule has 0 radical (unpaired) electrons. The number of rotatable bonds is 6. The Morgan fingerprint density at radius 1 is 1.27 bits per heavy atom. The molecule has 26 heavy (non-hydrogen) atoms. The predicted molar refractivity (Wildman–Crippen MR) is 79.8 cm³/mol. The van der Waals surface area contributed by atoms with Gasteiger partial charge in [0.2, 0.25) is 16.9 Å². The molecule has 1 aromatic carbocycles. The average molecular weight is 387 g/mol. The van der Waals surface area contributed by atoms with Crippen molar-refractivity contribution < 1.29 is 22.6 Å². The van der Waals surface area contributed by atoms with Crippen LogP contribution in [-0.2, 0) is 12.3 Å². The fraction of sp³-hybridized carbons (Fsp3) is 0.250. The number of halogens is 3. The van der Waals surface area contributed by atoms with E-state index in [4.69, 9.17) is 4.52 Å². The van der Waals surface area contributed by atoms with Crippen LogP contribution in [0.3, 0.4) is 0 Å². The van der Waals surface area contributed by atoms with Gasteiger partial charge in [-0.3, -0.25) is 10.1 Å². The maximum absolute atomic E-state index is 12.4. The summed E-state index contributed by atoms with van der Waals surface area (Å²) in [7, 11) is 0. The SMILES string of the molecule is O=[N+]([O-])c1ccc(-c2noc(CSc3nnnn3CC(F)(F)F)n2)cc1. The summed E-state index contributed by atoms with van der Waals surface area (Å²) in [5.74, 6) is 0.397. The summed E-state index contributed by atoms with van der Waals surface area (Å²) in [4.78, 5) is 14.2. The molecule has 136 valence electrons. The van der Waals surface area contributed by atoms with Gasteiger partial charge < -0.3 is 4.52 Å². The van der Waals surface area contributed by atoms with Gasteiger partial charge in [0, 0.05) is 17.7 Å². The van der Waals surface area contributed by atoms with Crippen molar-refractivity contribution in [3.63, 3.8) is 0 Å². The fourth-order valence-corrected chi connectivity index (χ4v) is 2.57. The highest BCUT2D eigenvalue weighted by molar-refractivity contribution is 7.98. The standard InChI is InChI=1S/C12H8F3N7O3S/c13-12(14,15)6-21-11(17-19-20-21)26-5-9-16-10(18-25-9)7-1-3-8(4-2-7)22(23)24/h1-4H,5-6H2. The summed E-state index contributed by atoms with van der Waals surface area (Å²) in [6.45, 7) is -1.31. The highest BCUT2D eigenvalue weighted by atomic mass is 32.2. The third-order valence-electron chi connectivity index (χ3n) is 2.96. The molecule has 0 aliphatic heterocycles. The first kappa shape index (κ1) is 17.8. The highest BCUT2D eigenvalue weighted by Crippen LogP contribution is 2.25. The predicted octanol–water partition coefficient (Wildman–Crippen LogP) is 2.49. The Hall–Kier alpha value is -3.03. The van der Waals surface area contributed by atoms with Gasteiger partial charge in [-0.15, -0.1) is 5.10 Å². The van der Waals surface area contributed by atoms with Crippen LogP contribution in [0.4, 0.5) is 18.9 Å². The highest BCUT2D eigenvalue weighted by Gasteiger charge is 2.30. The van der Waals surface area contributed by atoms with Crippen LogP contribution in [-0.4, -0.2) is 41.4 Å². The van der Waals surface area contributed by atoms with Crippen molar-refractivity contribution in [1.82, 2.24) is 30.3 Å². The first-order chi connectivity index (χ1) is 12.3. The van der Waals surface area contributed by atoms with E-state index in [0.29, 0.717) is 10.2 Å². The molecule has 2 heterocycles. The minimum Gasteiger partial charge on any atom is -0.338 e. The lowest BCUT2D eigenvalue weighted by atomic mass is 10.2. The third kappa shape index (κ3) is 4.33. The second-order valence-corrected chi connectivity index (χ2v) is 5.78. The van der Waals surface area contributed by atoms with Gasteiger partial charge in [-0.2, -0.15) is 18.2 Å². The lowest BCUT2D eigenvalue weighted by Gasteiger charge is -2.06.